The van der Waals surface area contributed by atoms with Gasteiger partial charge in [0.1, 0.15) is 0 Å². The van der Waals surface area contributed by atoms with Crippen molar-refractivity contribution < 1.29 is 9.90 Å². The molecule has 0 saturated heterocycles. The van der Waals surface area contributed by atoms with Crippen molar-refractivity contribution in [1.82, 2.24) is 4.98 Å². The van der Waals surface area contributed by atoms with Gasteiger partial charge in [0, 0.05) is 21.8 Å². The van der Waals surface area contributed by atoms with Crippen molar-refractivity contribution in [3.05, 3.63) is 47.5 Å². The van der Waals surface area contributed by atoms with Crippen molar-refractivity contribution in [3.63, 3.8) is 0 Å². The minimum Gasteiger partial charge on any atom is -0.481 e. The Kier molecular flexibility index (Phi) is 2.33. The molecule has 1 heterocycles. The molecule has 3 rings (SSSR count). The monoisotopic (exact) mass is 239 g/mol. The van der Waals surface area contributed by atoms with Crippen LogP contribution in [0.5, 0.6) is 0 Å². The molecular weight excluding hydrogens is 226 g/mol. The fourth-order valence-electron chi connectivity index (χ4n) is 2.35. The van der Waals surface area contributed by atoms with Gasteiger partial charge in [-0.2, -0.15) is 0 Å². The highest BCUT2D eigenvalue weighted by Crippen LogP contribution is 2.27. The first-order chi connectivity index (χ1) is 8.63. The Morgan fingerprint density at radius 1 is 1.11 bits per heavy atom. The van der Waals surface area contributed by atoms with E-state index in [-0.39, 0.29) is 6.42 Å². The molecular formula is C15H13NO2. The molecule has 0 fully saturated rings. The molecule has 0 atom stereocenters. The first-order valence-electron chi connectivity index (χ1n) is 5.86. The van der Waals surface area contributed by atoms with Crippen LogP contribution in [0.4, 0.5) is 0 Å². The lowest BCUT2D eigenvalue weighted by Crippen LogP contribution is -1.99. The second kappa shape index (κ2) is 3.88. The van der Waals surface area contributed by atoms with Crippen molar-refractivity contribution in [1.29, 1.82) is 0 Å². The van der Waals surface area contributed by atoms with Gasteiger partial charge in [-0.3, -0.25) is 4.79 Å². The van der Waals surface area contributed by atoms with E-state index in [0.717, 1.165) is 27.4 Å². The van der Waals surface area contributed by atoms with Crippen LogP contribution in [0.3, 0.4) is 0 Å². The van der Waals surface area contributed by atoms with Gasteiger partial charge >= 0.3 is 5.97 Å². The van der Waals surface area contributed by atoms with Crippen molar-refractivity contribution >= 4 is 27.8 Å². The normalized spacial score (nSPS) is 11.2. The van der Waals surface area contributed by atoms with Crippen molar-refractivity contribution in [2.45, 2.75) is 13.3 Å². The van der Waals surface area contributed by atoms with Gasteiger partial charge in [-0.15, -0.1) is 0 Å². The number of aryl methyl sites for hydroxylation is 1. The van der Waals surface area contributed by atoms with Crippen molar-refractivity contribution in [3.8, 4) is 0 Å². The molecule has 0 radical (unpaired) electrons. The fraction of sp³-hybridized carbons (Fsp3) is 0.133. The van der Waals surface area contributed by atoms with E-state index >= 15 is 0 Å². The summed E-state index contributed by atoms with van der Waals surface area (Å²) < 4.78 is 0. The maximum absolute atomic E-state index is 10.7. The third kappa shape index (κ3) is 1.74. The predicted molar refractivity (Wildman–Crippen MR) is 71.9 cm³/mol. The highest BCUT2D eigenvalue weighted by atomic mass is 16.4. The average molecular weight is 239 g/mol. The van der Waals surface area contributed by atoms with Crippen LogP contribution in [0.15, 0.2) is 36.4 Å². The van der Waals surface area contributed by atoms with Gasteiger partial charge in [0.25, 0.3) is 0 Å². The standard InChI is InChI=1S/C15H13NO2/c1-9-2-4-11-12-7-10(8-15(17)18)3-5-13(12)16-14(11)6-9/h2-7,16H,8H2,1H3,(H,17,18). The first-order valence-corrected chi connectivity index (χ1v) is 5.86. The number of aromatic amines is 1. The second-order valence-electron chi connectivity index (χ2n) is 4.62. The Bertz CT molecular complexity index is 756. The summed E-state index contributed by atoms with van der Waals surface area (Å²) in [6.07, 6.45) is 0.0640. The molecule has 0 spiro atoms. The minimum absolute atomic E-state index is 0.0640. The summed E-state index contributed by atoms with van der Waals surface area (Å²) in [6, 6.07) is 12.0. The number of carbonyl (C=O) groups is 1. The van der Waals surface area contributed by atoms with Gasteiger partial charge in [0.05, 0.1) is 6.42 Å². The third-order valence-electron chi connectivity index (χ3n) is 3.17. The van der Waals surface area contributed by atoms with Crippen LogP contribution in [-0.4, -0.2) is 16.1 Å². The lowest BCUT2D eigenvalue weighted by Gasteiger charge is -1.97. The van der Waals surface area contributed by atoms with Crippen LogP contribution in [0.25, 0.3) is 21.8 Å². The number of rotatable bonds is 2. The van der Waals surface area contributed by atoms with E-state index in [1.165, 1.54) is 5.56 Å². The predicted octanol–water partition coefficient (Wildman–Crippen LogP) is 3.26. The molecule has 0 aliphatic carbocycles. The summed E-state index contributed by atoms with van der Waals surface area (Å²) in [4.78, 5) is 14.1. The van der Waals surface area contributed by atoms with Gasteiger partial charge in [-0.25, -0.2) is 0 Å². The zero-order valence-electron chi connectivity index (χ0n) is 10.0. The van der Waals surface area contributed by atoms with E-state index in [2.05, 4.69) is 30.1 Å². The minimum atomic E-state index is -0.801. The molecule has 90 valence electrons. The highest BCUT2D eigenvalue weighted by molar-refractivity contribution is 6.07. The molecule has 3 nitrogen and oxygen atoms in total. The van der Waals surface area contributed by atoms with Gasteiger partial charge < -0.3 is 10.1 Å². The maximum atomic E-state index is 10.7. The Labute approximate surface area is 104 Å². The molecule has 0 unspecified atom stereocenters. The largest absolute Gasteiger partial charge is 0.481 e. The lowest BCUT2D eigenvalue weighted by molar-refractivity contribution is -0.136. The molecule has 0 aliphatic rings. The third-order valence-corrected chi connectivity index (χ3v) is 3.17. The summed E-state index contributed by atoms with van der Waals surface area (Å²) in [7, 11) is 0. The Morgan fingerprint density at radius 2 is 1.94 bits per heavy atom. The van der Waals surface area contributed by atoms with Gasteiger partial charge in [-0.1, -0.05) is 18.2 Å². The first kappa shape index (κ1) is 10.8. The number of nitrogens with one attached hydrogen (secondary N) is 1. The second-order valence-corrected chi connectivity index (χ2v) is 4.62. The van der Waals surface area contributed by atoms with Gasteiger partial charge in [-0.05, 0) is 36.2 Å². The van der Waals surface area contributed by atoms with E-state index < -0.39 is 5.97 Å². The summed E-state index contributed by atoms with van der Waals surface area (Å²) in [5, 5.41) is 11.1. The molecule has 18 heavy (non-hydrogen) atoms. The number of carboxylic acid groups (broad SMARTS) is 1. The number of benzene rings is 2. The van der Waals surface area contributed by atoms with E-state index in [4.69, 9.17) is 5.11 Å². The van der Waals surface area contributed by atoms with Crippen LogP contribution in [0, 0.1) is 6.92 Å². The van der Waals surface area contributed by atoms with E-state index in [1.807, 2.05) is 18.2 Å². The number of aliphatic carboxylic acids is 1. The van der Waals surface area contributed by atoms with Crippen LogP contribution in [0.2, 0.25) is 0 Å². The van der Waals surface area contributed by atoms with E-state index in [0.29, 0.717) is 0 Å². The molecule has 0 saturated carbocycles. The molecule has 0 bridgehead atoms. The molecule has 3 heteroatoms. The summed E-state index contributed by atoms with van der Waals surface area (Å²) in [6.45, 7) is 2.06. The topological polar surface area (TPSA) is 53.1 Å². The number of carboxylic acids is 1. The summed E-state index contributed by atoms with van der Waals surface area (Å²) in [5.41, 5.74) is 4.18. The average Bonchev–Trinajstić information content (AvgIpc) is 2.65. The maximum Gasteiger partial charge on any atom is 0.307 e. The van der Waals surface area contributed by atoms with Crippen LogP contribution in [0.1, 0.15) is 11.1 Å². The number of hydrogen-bond acceptors (Lipinski definition) is 1. The Hall–Kier alpha value is -2.29. The van der Waals surface area contributed by atoms with Gasteiger partial charge in [0.15, 0.2) is 0 Å². The quantitative estimate of drug-likeness (QED) is 0.721. The smallest absolute Gasteiger partial charge is 0.307 e. The highest BCUT2D eigenvalue weighted by Gasteiger charge is 2.07. The number of aromatic nitrogens is 1. The number of fused-ring (bicyclic) bond motifs is 3. The van der Waals surface area contributed by atoms with Crippen molar-refractivity contribution in [2.75, 3.05) is 0 Å². The fourth-order valence-corrected chi connectivity index (χ4v) is 2.35. The molecule has 2 N–H and O–H groups in total. The van der Waals surface area contributed by atoms with E-state index in [1.54, 1.807) is 0 Å². The van der Waals surface area contributed by atoms with Gasteiger partial charge in [0.2, 0.25) is 0 Å². The van der Waals surface area contributed by atoms with Crippen LogP contribution >= 0.6 is 0 Å². The summed E-state index contributed by atoms with van der Waals surface area (Å²) in [5.74, 6) is -0.801. The lowest BCUT2D eigenvalue weighted by atomic mass is 10.1. The summed E-state index contributed by atoms with van der Waals surface area (Å²) >= 11 is 0. The zero-order chi connectivity index (χ0) is 12.7. The number of hydrogen-bond donors (Lipinski definition) is 2. The van der Waals surface area contributed by atoms with Crippen LogP contribution < -0.4 is 0 Å². The SMILES string of the molecule is Cc1ccc2c(c1)[nH]c1ccc(CC(=O)O)cc12. The Morgan fingerprint density at radius 3 is 2.72 bits per heavy atom. The number of H-pyrrole nitrogens is 1. The van der Waals surface area contributed by atoms with Crippen LogP contribution in [-0.2, 0) is 11.2 Å². The molecule has 2 aromatic carbocycles. The van der Waals surface area contributed by atoms with Crippen molar-refractivity contribution in [2.24, 2.45) is 0 Å². The van der Waals surface area contributed by atoms with E-state index in [9.17, 15) is 4.79 Å². The molecule has 3 aromatic rings. The zero-order valence-corrected chi connectivity index (χ0v) is 10.0. The molecule has 1 aromatic heterocycles. The molecule has 0 aliphatic heterocycles. The Balaban J connectivity index is 2.25. The molecule has 0 amide bonds.